The second-order valence-electron chi connectivity index (χ2n) is 6.57. The van der Waals surface area contributed by atoms with Crippen molar-refractivity contribution in [3.05, 3.63) is 35.4 Å². The number of hydrogen-bond acceptors (Lipinski definition) is 3. The van der Waals surface area contributed by atoms with Crippen LogP contribution in [0.15, 0.2) is 24.3 Å². The van der Waals surface area contributed by atoms with Crippen molar-refractivity contribution in [2.45, 2.75) is 32.4 Å². The van der Waals surface area contributed by atoms with Crippen LogP contribution in [0.1, 0.15) is 31.0 Å². The quantitative estimate of drug-likeness (QED) is 0.778. The van der Waals surface area contributed by atoms with Crippen LogP contribution in [-0.2, 0) is 16.0 Å². The van der Waals surface area contributed by atoms with Gasteiger partial charge in [-0.15, -0.1) is 0 Å². The lowest BCUT2D eigenvalue weighted by Crippen LogP contribution is -2.36. The van der Waals surface area contributed by atoms with E-state index < -0.39 is 35.4 Å². The average Bonchev–Trinajstić information content (AvgIpc) is 2.86. The summed E-state index contributed by atoms with van der Waals surface area (Å²) in [6.07, 6.45) is -0.145. The number of carboxylic acid groups (broad SMARTS) is 1. The molecule has 1 saturated carbocycles. The summed E-state index contributed by atoms with van der Waals surface area (Å²) < 4.78 is 0. The molecule has 3 rings (SSSR count). The minimum atomic E-state index is -0.937. The highest BCUT2D eigenvalue weighted by Gasteiger charge is 2.66. The average molecular weight is 289 g/mol. The second kappa shape index (κ2) is 4.56. The van der Waals surface area contributed by atoms with Gasteiger partial charge in [0.1, 0.15) is 0 Å². The number of aliphatic hydroxyl groups excluding tert-OH is 1. The Bertz CT molecular complexity index is 610. The Morgan fingerprint density at radius 2 is 1.90 bits per heavy atom. The smallest absolute Gasteiger partial charge is 0.307 e. The molecule has 112 valence electrons. The van der Waals surface area contributed by atoms with Crippen molar-refractivity contribution in [2.75, 3.05) is 0 Å². The summed E-state index contributed by atoms with van der Waals surface area (Å²) in [4.78, 5) is 23.5. The first-order valence-corrected chi connectivity index (χ1v) is 7.13. The summed E-state index contributed by atoms with van der Waals surface area (Å²) in [5.74, 6) is -2.40. The Morgan fingerprint density at radius 3 is 2.52 bits per heavy atom. The van der Waals surface area contributed by atoms with Crippen LogP contribution in [-0.4, -0.2) is 28.2 Å². The number of aliphatic carboxylic acids is 1. The van der Waals surface area contributed by atoms with Crippen molar-refractivity contribution >= 4 is 11.9 Å². The van der Waals surface area contributed by atoms with E-state index in [2.05, 4.69) is 5.32 Å². The number of carboxylic acids is 1. The Balaban J connectivity index is 1.76. The third-order valence-electron chi connectivity index (χ3n) is 4.88. The first-order chi connectivity index (χ1) is 9.84. The van der Waals surface area contributed by atoms with Gasteiger partial charge < -0.3 is 15.5 Å². The summed E-state index contributed by atoms with van der Waals surface area (Å²) in [6.45, 7) is 3.57. The van der Waals surface area contributed by atoms with Gasteiger partial charge in [-0.05, 0) is 16.5 Å². The molecule has 3 N–H and O–H groups in total. The number of aliphatic hydroxyl groups is 1. The number of nitrogens with one attached hydrogen (secondary N) is 1. The second-order valence-corrected chi connectivity index (χ2v) is 6.57. The van der Waals surface area contributed by atoms with Crippen LogP contribution in [0.5, 0.6) is 0 Å². The maximum absolute atomic E-state index is 12.4. The summed E-state index contributed by atoms with van der Waals surface area (Å²) in [5.41, 5.74) is 1.42. The van der Waals surface area contributed by atoms with E-state index in [1.165, 1.54) is 0 Å². The molecule has 1 aromatic rings. The van der Waals surface area contributed by atoms with Gasteiger partial charge in [0.15, 0.2) is 0 Å². The zero-order valence-electron chi connectivity index (χ0n) is 12.0. The predicted octanol–water partition coefficient (Wildman–Crippen LogP) is 1.12. The Hall–Kier alpha value is -1.88. The number of rotatable bonds is 3. The molecule has 0 bridgehead atoms. The Labute approximate surface area is 123 Å². The van der Waals surface area contributed by atoms with Gasteiger partial charge in [-0.25, -0.2) is 0 Å². The van der Waals surface area contributed by atoms with E-state index in [4.69, 9.17) is 5.11 Å². The molecule has 5 nitrogen and oxygen atoms in total. The van der Waals surface area contributed by atoms with E-state index in [0.717, 1.165) is 11.1 Å². The molecule has 0 aliphatic heterocycles. The van der Waals surface area contributed by atoms with Crippen LogP contribution in [0, 0.1) is 17.3 Å². The molecule has 1 aromatic carbocycles. The minimum Gasteiger partial charge on any atom is -0.481 e. The highest BCUT2D eigenvalue weighted by atomic mass is 16.4. The summed E-state index contributed by atoms with van der Waals surface area (Å²) in [6, 6.07) is 7.16. The summed E-state index contributed by atoms with van der Waals surface area (Å²) in [5, 5.41) is 22.1. The number of hydrogen-bond donors (Lipinski definition) is 3. The topological polar surface area (TPSA) is 86.6 Å². The fourth-order valence-corrected chi connectivity index (χ4v) is 3.58. The van der Waals surface area contributed by atoms with Crippen LogP contribution < -0.4 is 5.32 Å². The van der Waals surface area contributed by atoms with Crippen molar-refractivity contribution in [1.29, 1.82) is 0 Å². The Kier molecular flexibility index (Phi) is 3.06. The number of carbonyl (C=O) groups is 2. The lowest BCUT2D eigenvalue weighted by Gasteiger charge is -2.18. The molecule has 0 heterocycles. The summed E-state index contributed by atoms with van der Waals surface area (Å²) >= 11 is 0. The predicted molar refractivity (Wildman–Crippen MR) is 75.4 cm³/mol. The molecule has 0 unspecified atom stereocenters. The van der Waals surface area contributed by atoms with E-state index in [0.29, 0.717) is 6.42 Å². The molecule has 0 radical (unpaired) electrons. The zero-order valence-corrected chi connectivity index (χ0v) is 12.0. The lowest BCUT2D eigenvalue weighted by atomic mass is 10.1. The molecule has 2 aliphatic rings. The Morgan fingerprint density at radius 1 is 1.24 bits per heavy atom. The number of fused-ring (bicyclic) bond motifs is 1. The molecular formula is C16H19NO4. The maximum Gasteiger partial charge on any atom is 0.307 e. The van der Waals surface area contributed by atoms with Crippen molar-refractivity contribution in [3.8, 4) is 0 Å². The first kappa shape index (κ1) is 14.1. The lowest BCUT2D eigenvalue weighted by molar-refractivity contribution is -0.140. The molecule has 1 fully saturated rings. The molecule has 21 heavy (non-hydrogen) atoms. The van der Waals surface area contributed by atoms with Gasteiger partial charge in [-0.2, -0.15) is 0 Å². The van der Waals surface area contributed by atoms with Crippen LogP contribution in [0.3, 0.4) is 0 Å². The minimum absolute atomic E-state index is 0.284. The van der Waals surface area contributed by atoms with Crippen molar-refractivity contribution in [3.63, 3.8) is 0 Å². The van der Waals surface area contributed by atoms with Crippen LogP contribution in [0.25, 0.3) is 0 Å². The molecule has 0 spiro atoms. The number of amides is 1. The number of carbonyl (C=O) groups excluding carboxylic acids is 1. The molecular weight excluding hydrogens is 270 g/mol. The highest BCUT2D eigenvalue weighted by molar-refractivity contribution is 5.92. The van der Waals surface area contributed by atoms with Crippen molar-refractivity contribution in [2.24, 2.45) is 17.3 Å². The van der Waals surface area contributed by atoms with E-state index in [-0.39, 0.29) is 5.91 Å². The van der Waals surface area contributed by atoms with Gasteiger partial charge in [-0.3, -0.25) is 9.59 Å². The van der Waals surface area contributed by atoms with Gasteiger partial charge in [0, 0.05) is 6.42 Å². The normalized spacial score (nSPS) is 32.3. The highest BCUT2D eigenvalue weighted by Crippen LogP contribution is 2.58. The maximum atomic E-state index is 12.4. The van der Waals surface area contributed by atoms with Gasteiger partial charge in [0.25, 0.3) is 0 Å². The van der Waals surface area contributed by atoms with E-state index >= 15 is 0 Å². The molecule has 0 saturated heterocycles. The molecule has 2 aliphatic carbocycles. The largest absolute Gasteiger partial charge is 0.481 e. The molecule has 5 heteroatoms. The van der Waals surface area contributed by atoms with E-state index in [1.807, 2.05) is 24.3 Å². The van der Waals surface area contributed by atoms with Crippen molar-refractivity contribution < 1.29 is 19.8 Å². The van der Waals surface area contributed by atoms with E-state index in [9.17, 15) is 14.7 Å². The third-order valence-corrected chi connectivity index (χ3v) is 4.88. The first-order valence-electron chi connectivity index (χ1n) is 7.13. The van der Waals surface area contributed by atoms with Crippen LogP contribution >= 0.6 is 0 Å². The fourth-order valence-electron chi connectivity index (χ4n) is 3.58. The fraction of sp³-hybridized carbons (Fsp3) is 0.500. The summed E-state index contributed by atoms with van der Waals surface area (Å²) in [7, 11) is 0. The number of benzene rings is 1. The third kappa shape index (κ3) is 2.12. The molecule has 0 aromatic heterocycles. The van der Waals surface area contributed by atoms with Gasteiger partial charge >= 0.3 is 5.97 Å². The van der Waals surface area contributed by atoms with Crippen LogP contribution in [0.2, 0.25) is 0 Å². The molecule has 1 amide bonds. The van der Waals surface area contributed by atoms with Gasteiger partial charge in [0.05, 0.1) is 24.0 Å². The SMILES string of the molecule is CC1(C)[C@H](C(=O)O)[C@@H]1C(=O)N[C@@H]1c2ccccc2C[C@@H]1O. The monoisotopic (exact) mass is 289 g/mol. The van der Waals surface area contributed by atoms with E-state index in [1.54, 1.807) is 13.8 Å². The molecule has 4 atom stereocenters. The van der Waals surface area contributed by atoms with Crippen LogP contribution in [0.4, 0.5) is 0 Å². The van der Waals surface area contributed by atoms with Gasteiger partial charge in [0.2, 0.25) is 5.91 Å². The standard InChI is InChI=1S/C16H19NO4/c1-16(2)11(12(16)15(20)21)14(19)17-13-9-6-4-3-5-8(9)7-10(13)18/h3-6,10-13,18H,7H2,1-2H3,(H,17,19)(H,20,21)/t10-,11+,12-,13+/m0/s1. The van der Waals surface area contributed by atoms with Crippen molar-refractivity contribution in [1.82, 2.24) is 5.32 Å². The zero-order chi connectivity index (χ0) is 15.4. The van der Waals surface area contributed by atoms with Gasteiger partial charge in [-0.1, -0.05) is 38.1 Å².